The lowest BCUT2D eigenvalue weighted by Crippen LogP contribution is -2.29. The van der Waals surface area contributed by atoms with Gasteiger partial charge >= 0.3 is 0 Å². The van der Waals surface area contributed by atoms with Crippen molar-refractivity contribution in [3.05, 3.63) is 0 Å². The molecule has 1 amide bonds. The van der Waals surface area contributed by atoms with Crippen molar-refractivity contribution in [2.75, 3.05) is 25.4 Å². The maximum absolute atomic E-state index is 11.3. The first-order chi connectivity index (χ1) is 5.77. The van der Waals surface area contributed by atoms with Crippen LogP contribution >= 0.6 is 12.6 Å². The highest BCUT2D eigenvalue weighted by Crippen LogP contribution is 2.15. The Morgan fingerprint density at radius 1 is 1.67 bits per heavy atom. The summed E-state index contributed by atoms with van der Waals surface area (Å²) < 4.78 is 0. The van der Waals surface area contributed by atoms with Crippen molar-refractivity contribution in [2.45, 2.75) is 12.8 Å². The lowest BCUT2D eigenvalue weighted by Gasteiger charge is -2.15. The van der Waals surface area contributed by atoms with E-state index in [1.165, 1.54) is 0 Å². The van der Waals surface area contributed by atoms with Crippen molar-refractivity contribution in [2.24, 2.45) is 11.7 Å². The Kier molecular flexibility index (Phi) is 3.88. The summed E-state index contributed by atoms with van der Waals surface area (Å²) >= 11 is 4.03. The predicted octanol–water partition coefficient (Wildman–Crippen LogP) is 0.113. The van der Waals surface area contributed by atoms with E-state index in [1.807, 2.05) is 4.90 Å². The number of carbonyl (C=O) groups excluding carboxylic acids is 1. The third-order valence-corrected chi connectivity index (χ3v) is 2.52. The minimum absolute atomic E-state index is 0.223. The molecule has 1 unspecified atom stereocenters. The number of amides is 1. The molecule has 0 spiro atoms. The molecule has 1 saturated heterocycles. The summed E-state index contributed by atoms with van der Waals surface area (Å²) in [6, 6.07) is 0. The van der Waals surface area contributed by atoms with E-state index < -0.39 is 0 Å². The maximum Gasteiger partial charge on any atom is 0.223 e. The van der Waals surface area contributed by atoms with Gasteiger partial charge in [-0.05, 0) is 24.6 Å². The summed E-state index contributed by atoms with van der Waals surface area (Å²) in [6.45, 7) is 2.43. The number of likely N-dealkylation sites (tertiary alicyclic amines) is 1. The second kappa shape index (κ2) is 4.72. The van der Waals surface area contributed by atoms with Crippen LogP contribution in [0.1, 0.15) is 12.8 Å². The van der Waals surface area contributed by atoms with Gasteiger partial charge in [0.15, 0.2) is 0 Å². The van der Waals surface area contributed by atoms with E-state index in [9.17, 15) is 4.79 Å². The summed E-state index contributed by atoms with van der Waals surface area (Å²) in [7, 11) is 0. The van der Waals surface area contributed by atoms with Crippen LogP contribution in [0.4, 0.5) is 0 Å². The van der Waals surface area contributed by atoms with E-state index in [-0.39, 0.29) is 5.91 Å². The zero-order valence-electron chi connectivity index (χ0n) is 7.20. The number of hydrogen-bond acceptors (Lipinski definition) is 3. The molecule has 1 aliphatic heterocycles. The smallest absolute Gasteiger partial charge is 0.223 e. The van der Waals surface area contributed by atoms with E-state index >= 15 is 0 Å². The SMILES string of the molecule is NCC1CCN(C(=O)CCS)C1. The summed E-state index contributed by atoms with van der Waals surface area (Å²) in [5, 5.41) is 0. The van der Waals surface area contributed by atoms with E-state index in [2.05, 4.69) is 12.6 Å². The van der Waals surface area contributed by atoms with Gasteiger partial charge in [-0.1, -0.05) is 0 Å². The third-order valence-electron chi connectivity index (χ3n) is 2.30. The Morgan fingerprint density at radius 3 is 2.92 bits per heavy atom. The van der Waals surface area contributed by atoms with Crippen molar-refractivity contribution in [3.63, 3.8) is 0 Å². The molecule has 0 aromatic rings. The Hall–Kier alpha value is -0.220. The fourth-order valence-electron chi connectivity index (χ4n) is 1.51. The van der Waals surface area contributed by atoms with Crippen LogP contribution in [0.25, 0.3) is 0 Å². The molecule has 2 N–H and O–H groups in total. The quantitative estimate of drug-likeness (QED) is 0.618. The number of rotatable bonds is 3. The molecular formula is C8H16N2OS. The largest absolute Gasteiger partial charge is 0.342 e. The van der Waals surface area contributed by atoms with Crippen molar-refractivity contribution in [1.82, 2.24) is 4.90 Å². The summed E-state index contributed by atoms with van der Waals surface area (Å²) in [4.78, 5) is 13.2. The minimum Gasteiger partial charge on any atom is -0.342 e. The van der Waals surface area contributed by atoms with Gasteiger partial charge in [0.25, 0.3) is 0 Å². The monoisotopic (exact) mass is 188 g/mol. The number of hydrogen-bond donors (Lipinski definition) is 2. The van der Waals surface area contributed by atoms with Gasteiger partial charge in [-0.15, -0.1) is 0 Å². The molecule has 12 heavy (non-hydrogen) atoms. The molecule has 1 atom stereocenters. The highest BCUT2D eigenvalue weighted by molar-refractivity contribution is 7.80. The van der Waals surface area contributed by atoms with Gasteiger partial charge in [0, 0.05) is 19.5 Å². The molecule has 0 aromatic carbocycles. The number of nitrogens with zero attached hydrogens (tertiary/aromatic N) is 1. The third kappa shape index (κ3) is 2.38. The van der Waals surface area contributed by atoms with Gasteiger partial charge in [0.1, 0.15) is 0 Å². The molecule has 70 valence electrons. The van der Waals surface area contributed by atoms with Gasteiger partial charge in [-0.2, -0.15) is 12.6 Å². The molecule has 1 fully saturated rings. The van der Waals surface area contributed by atoms with Crippen molar-refractivity contribution in [1.29, 1.82) is 0 Å². The van der Waals surface area contributed by atoms with Gasteiger partial charge in [0.2, 0.25) is 5.91 Å². The topological polar surface area (TPSA) is 46.3 Å². The molecule has 1 heterocycles. The molecular weight excluding hydrogens is 172 g/mol. The molecule has 1 rings (SSSR count). The molecule has 0 bridgehead atoms. The normalized spacial score (nSPS) is 23.2. The molecule has 0 aliphatic carbocycles. The van der Waals surface area contributed by atoms with Crippen LogP contribution in [0.5, 0.6) is 0 Å². The molecule has 4 heteroatoms. The second-order valence-corrected chi connectivity index (χ2v) is 3.65. The predicted molar refractivity (Wildman–Crippen MR) is 52.2 cm³/mol. The van der Waals surface area contributed by atoms with Crippen molar-refractivity contribution >= 4 is 18.5 Å². The molecule has 1 aliphatic rings. The number of thiol groups is 1. The Labute approximate surface area is 78.7 Å². The van der Waals surface area contributed by atoms with Crippen molar-refractivity contribution in [3.8, 4) is 0 Å². The van der Waals surface area contributed by atoms with Crippen LogP contribution in [0, 0.1) is 5.92 Å². The fraction of sp³-hybridized carbons (Fsp3) is 0.875. The lowest BCUT2D eigenvalue weighted by molar-refractivity contribution is -0.129. The Morgan fingerprint density at radius 2 is 2.42 bits per heavy atom. The van der Waals surface area contributed by atoms with Gasteiger partial charge in [-0.25, -0.2) is 0 Å². The zero-order valence-corrected chi connectivity index (χ0v) is 8.09. The summed E-state index contributed by atoms with van der Waals surface area (Å²) in [5.74, 6) is 1.39. The number of carbonyl (C=O) groups is 1. The minimum atomic E-state index is 0.223. The van der Waals surface area contributed by atoms with Crippen LogP contribution in [0.3, 0.4) is 0 Å². The van der Waals surface area contributed by atoms with Gasteiger partial charge < -0.3 is 10.6 Å². The van der Waals surface area contributed by atoms with Gasteiger partial charge in [-0.3, -0.25) is 4.79 Å². The van der Waals surface area contributed by atoms with E-state index in [4.69, 9.17) is 5.73 Å². The van der Waals surface area contributed by atoms with Gasteiger partial charge in [0.05, 0.1) is 0 Å². The average Bonchev–Trinajstić information content (AvgIpc) is 2.52. The highest BCUT2D eigenvalue weighted by Gasteiger charge is 2.24. The fourth-order valence-corrected chi connectivity index (χ4v) is 1.70. The Balaban J connectivity index is 2.31. The standard InChI is InChI=1S/C8H16N2OS/c9-5-7-1-3-10(6-7)8(11)2-4-12/h7,12H,1-6,9H2. The van der Waals surface area contributed by atoms with Crippen LogP contribution in [0.2, 0.25) is 0 Å². The summed E-state index contributed by atoms with van der Waals surface area (Å²) in [5.41, 5.74) is 5.52. The number of nitrogens with two attached hydrogens (primary N) is 1. The van der Waals surface area contributed by atoms with E-state index in [0.29, 0.717) is 24.6 Å². The Bertz CT molecular complexity index is 163. The maximum atomic E-state index is 11.3. The van der Waals surface area contributed by atoms with Crippen LogP contribution in [0.15, 0.2) is 0 Å². The van der Waals surface area contributed by atoms with Crippen LogP contribution in [-0.4, -0.2) is 36.2 Å². The molecule has 0 radical (unpaired) electrons. The van der Waals surface area contributed by atoms with Crippen LogP contribution in [-0.2, 0) is 4.79 Å². The first-order valence-electron chi connectivity index (χ1n) is 4.36. The van der Waals surface area contributed by atoms with Crippen LogP contribution < -0.4 is 5.73 Å². The zero-order chi connectivity index (χ0) is 8.97. The van der Waals surface area contributed by atoms with E-state index in [1.54, 1.807) is 0 Å². The first-order valence-corrected chi connectivity index (χ1v) is 5.00. The highest BCUT2D eigenvalue weighted by atomic mass is 32.1. The van der Waals surface area contributed by atoms with E-state index in [0.717, 1.165) is 19.5 Å². The summed E-state index contributed by atoms with van der Waals surface area (Å²) in [6.07, 6.45) is 1.62. The molecule has 0 saturated carbocycles. The first kappa shape index (κ1) is 9.86. The lowest BCUT2D eigenvalue weighted by atomic mass is 10.1. The second-order valence-electron chi connectivity index (χ2n) is 3.20. The molecule has 3 nitrogen and oxygen atoms in total. The van der Waals surface area contributed by atoms with Crippen molar-refractivity contribution < 1.29 is 4.79 Å². The molecule has 0 aromatic heterocycles. The average molecular weight is 188 g/mol.